The lowest BCUT2D eigenvalue weighted by molar-refractivity contribution is 0.114. The molecular weight excluding hydrogens is 259 g/mol. The van der Waals surface area contributed by atoms with Gasteiger partial charge >= 0.3 is 0 Å². The largest absolute Gasteiger partial charge is 0.395 e. The van der Waals surface area contributed by atoms with Gasteiger partial charge in [-0.1, -0.05) is 12.1 Å². The van der Waals surface area contributed by atoms with Crippen molar-refractivity contribution in [2.45, 2.75) is 18.8 Å². The maximum absolute atomic E-state index is 13.4. The lowest BCUT2D eigenvalue weighted by Gasteiger charge is -2.30. The van der Waals surface area contributed by atoms with Crippen LogP contribution >= 0.6 is 0 Å². The number of rotatable bonds is 5. The van der Waals surface area contributed by atoms with Gasteiger partial charge in [0, 0.05) is 24.6 Å². The van der Waals surface area contributed by atoms with E-state index in [1.165, 1.54) is 12.1 Å². The number of hydrogen-bond donors (Lipinski definition) is 2. The molecule has 0 aliphatic carbocycles. The predicted molar refractivity (Wildman–Crippen MR) is 73.9 cm³/mol. The van der Waals surface area contributed by atoms with Crippen LogP contribution in [-0.4, -0.2) is 33.2 Å². The van der Waals surface area contributed by atoms with Gasteiger partial charge in [-0.2, -0.15) is 5.10 Å². The fourth-order valence-electron chi connectivity index (χ4n) is 2.44. The minimum absolute atomic E-state index is 0.267. The lowest BCUT2D eigenvalue weighted by atomic mass is 9.78. The highest BCUT2D eigenvalue weighted by Gasteiger charge is 2.33. The molecule has 0 radical (unpaired) electrons. The van der Waals surface area contributed by atoms with Crippen molar-refractivity contribution < 1.29 is 14.6 Å². The molecule has 0 aliphatic rings. The van der Waals surface area contributed by atoms with Gasteiger partial charge in [0.25, 0.3) is 0 Å². The fourth-order valence-corrected chi connectivity index (χ4v) is 2.44. The average molecular weight is 278 g/mol. The van der Waals surface area contributed by atoms with Gasteiger partial charge in [0.1, 0.15) is 5.82 Å². The van der Waals surface area contributed by atoms with Crippen molar-refractivity contribution in [1.82, 2.24) is 9.78 Å². The van der Waals surface area contributed by atoms with E-state index in [1.807, 2.05) is 20.0 Å². The van der Waals surface area contributed by atoms with Crippen LogP contribution in [0.5, 0.6) is 0 Å². The summed E-state index contributed by atoms with van der Waals surface area (Å²) in [5, 5.41) is 23.8. The maximum Gasteiger partial charge on any atom is 0.123 e. The Bertz CT molecular complexity index is 591. The van der Waals surface area contributed by atoms with E-state index >= 15 is 0 Å². The molecule has 2 N–H and O–H groups in total. The molecule has 0 amide bonds. The number of benzene rings is 1. The van der Waals surface area contributed by atoms with Gasteiger partial charge in [-0.25, -0.2) is 4.39 Å². The van der Waals surface area contributed by atoms with Crippen LogP contribution in [0.4, 0.5) is 4.39 Å². The highest BCUT2D eigenvalue weighted by Crippen LogP contribution is 2.28. The summed E-state index contributed by atoms with van der Waals surface area (Å²) in [5.41, 5.74) is 1.42. The fraction of sp³-hybridized carbons (Fsp3) is 0.400. The summed E-state index contributed by atoms with van der Waals surface area (Å²) in [6.45, 7) is 1.35. The summed E-state index contributed by atoms with van der Waals surface area (Å²) in [6, 6.07) is 7.91. The molecule has 5 heteroatoms. The first-order valence-electron chi connectivity index (χ1n) is 6.48. The number of halogens is 1. The van der Waals surface area contributed by atoms with Crippen molar-refractivity contribution in [3.05, 3.63) is 53.1 Å². The van der Waals surface area contributed by atoms with Crippen molar-refractivity contribution >= 4 is 0 Å². The molecule has 0 atom stereocenters. The third-order valence-corrected chi connectivity index (χ3v) is 3.66. The van der Waals surface area contributed by atoms with Gasteiger partial charge in [0.15, 0.2) is 0 Å². The molecule has 108 valence electrons. The van der Waals surface area contributed by atoms with E-state index in [1.54, 1.807) is 16.8 Å². The minimum Gasteiger partial charge on any atom is -0.395 e. The van der Waals surface area contributed by atoms with Crippen LogP contribution in [0, 0.1) is 12.7 Å². The zero-order valence-corrected chi connectivity index (χ0v) is 11.7. The molecule has 0 saturated carbocycles. The Balaban J connectivity index is 2.42. The standard InChI is InChI=1S/C15H19FN2O2/c1-11-6-14(18(2)17-11)8-15(9-19,10-20)12-4-3-5-13(16)7-12/h3-7,19-20H,8-10H2,1-2H3. The van der Waals surface area contributed by atoms with E-state index in [2.05, 4.69) is 5.10 Å². The van der Waals surface area contributed by atoms with Crippen LogP contribution in [0.25, 0.3) is 0 Å². The Morgan fingerprint density at radius 1 is 1.25 bits per heavy atom. The first-order chi connectivity index (χ1) is 9.50. The predicted octanol–water partition coefficient (Wildman–Crippen LogP) is 1.33. The zero-order chi connectivity index (χ0) is 14.8. The summed E-state index contributed by atoms with van der Waals surface area (Å²) in [4.78, 5) is 0. The van der Waals surface area contributed by atoms with Gasteiger partial charge in [0.2, 0.25) is 0 Å². The Morgan fingerprint density at radius 2 is 1.95 bits per heavy atom. The van der Waals surface area contributed by atoms with Crippen molar-refractivity contribution in [3.63, 3.8) is 0 Å². The Hall–Kier alpha value is -1.72. The number of aryl methyl sites for hydroxylation is 2. The van der Waals surface area contributed by atoms with E-state index < -0.39 is 5.41 Å². The molecule has 0 unspecified atom stereocenters. The summed E-state index contributed by atoms with van der Waals surface area (Å²) >= 11 is 0. The lowest BCUT2D eigenvalue weighted by Crippen LogP contribution is -2.38. The summed E-state index contributed by atoms with van der Waals surface area (Å²) in [7, 11) is 1.81. The number of aromatic nitrogens is 2. The van der Waals surface area contributed by atoms with E-state index in [-0.39, 0.29) is 19.0 Å². The minimum atomic E-state index is -0.914. The SMILES string of the molecule is Cc1cc(CC(CO)(CO)c2cccc(F)c2)n(C)n1. The molecule has 0 aliphatic heterocycles. The molecule has 2 aromatic rings. The molecule has 2 rings (SSSR count). The Morgan fingerprint density at radius 3 is 2.45 bits per heavy atom. The summed E-state index contributed by atoms with van der Waals surface area (Å²) in [6.07, 6.45) is 0.390. The smallest absolute Gasteiger partial charge is 0.123 e. The number of aliphatic hydroxyl groups excluding tert-OH is 2. The second-order valence-corrected chi connectivity index (χ2v) is 5.18. The van der Waals surface area contributed by atoms with Gasteiger partial charge in [0.05, 0.1) is 18.9 Å². The number of nitrogens with zero attached hydrogens (tertiary/aromatic N) is 2. The van der Waals surface area contributed by atoms with Crippen LogP contribution in [0.15, 0.2) is 30.3 Å². The van der Waals surface area contributed by atoms with Gasteiger partial charge in [-0.05, 0) is 30.7 Å². The topological polar surface area (TPSA) is 58.3 Å². The third-order valence-electron chi connectivity index (χ3n) is 3.66. The molecule has 0 spiro atoms. The Labute approximate surface area is 117 Å². The number of aliphatic hydroxyl groups is 2. The molecule has 0 saturated heterocycles. The molecular formula is C15H19FN2O2. The average Bonchev–Trinajstić information content (AvgIpc) is 2.74. The normalized spacial score (nSPS) is 11.8. The van der Waals surface area contributed by atoms with Crippen LogP contribution < -0.4 is 0 Å². The highest BCUT2D eigenvalue weighted by atomic mass is 19.1. The van der Waals surface area contributed by atoms with Crippen LogP contribution in [-0.2, 0) is 18.9 Å². The van der Waals surface area contributed by atoms with Gasteiger partial charge < -0.3 is 10.2 Å². The van der Waals surface area contributed by atoms with E-state index in [4.69, 9.17) is 0 Å². The van der Waals surface area contributed by atoms with Crippen molar-refractivity contribution in [1.29, 1.82) is 0 Å². The molecule has 1 heterocycles. The quantitative estimate of drug-likeness (QED) is 0.867. The van der Waals surface area contributed by atoms with Crippen LogP contribution in [0.3, 0.4) is 0 Å². The van der Waals surface area contributed by atoms with Gasteiger partial charge in [-0.15, -0.1) is 0 Å². The van der Waals surface area contributed by atoms with Crippen LogP contribution in [0.1, 0.15) is 17.0 Å². The first-order valence-corrected chi connectivity index (χ1v) is 6.48. The molecule has 20 heavy (non-hydrogen) atoms. The molecule has 1 aromatic carbocycles. The molecule has 0 bridgehead atoms. The summed E-state index contributed by atoms with van der Waals surface area (Å²) < 4.78 is 15.1. The van der Waals surface area contributed by atoms with Crippen molar-refractivity contribution in [2.24, 2.45) is 7.05 Å². The van der Waals surface area contributed by atoms with E-state index in [9.17, 15) is 14.6 Å². The van der Waals surface area contributed by atoms with E-state index in [0.717, 1.165) is 11.4 Å². The number of hydrogen-bond acceptors (Lipinski definition) is 3. The van der Waals surface area contributed by atoms with Crippen LogP contribution in [0.2, 0.25) is 0 Å². The highest BCUT2D eigenvalue weighted by molar-refractivity contribution is 5.29. The van der Waals surface area contributed by atoms with Gasteiger partial charge in [-0.3, -0.25) is 4.68 Å². The Kier molecular flexibility index (Phi) is 4.20. The van der Waals surface area contributed by atoms with E-state index in [0.29, 0.717) is 12.0 Å². The monoisotopic (exact) mass is 278 g/mol. The third kappa shape index (κ3) is 2.73. The molecule has 0 fully saturated rings. The van der Waals surface area contributed by atoms with Crippen molar-refractivity contribution in [3.8, 4) is 0 Å². The first kappa shape index (κ1) is 14.7. The maximum atomic E-state index is 13.4. The summed E-state index contributed by atoms with van der Waals surface area (Å²) in [5.74, 6) is -0.380. The van der Waals surface area contributed by atoms with Crippen molar-refractivity contribution in [2.75, 3.05) is 13.2 Å². The molecule has 4 nitrogen and oxygen atoms in total. The zero-order valence-electron chi connectivity index (χ0n) is 11.7. The second-order valence-electron chi connectivity index (χ2n) is 5.18. The molecule has 1 aromatic heterocycles. The second kappa shape index (κ2) is 5.73.